The molecule has 2 unspecified atom stereocenters. The van der Waals surface area contributed by atoms with Crippen LogP contribution in [0.4, 0.5) is 4.79 Å². The lowest BCUT2D eigenvalue weighted by Gasteiger charge is -2.43. The number of fused-ring (bicyclic) bond motifs is 1. The van der Waals surface area contributed by atoms with E-state index in [2.05, 4.69) is 26.8 Å². The van der Waals surface area contributed by atoms with Crippen LogP contribution in [-0.4, -0.2) is 91.2 Å². The number of carbonyl (C=O) groups excluding carboxylic acids is 2. The maximum absolute atomic E-state index is 13.1. The second-order valence-electron chi connectivity index (χ2n) is 12.1. The highest BCUT2D eigenvalue weighted by Gasteiger charge is 2.72. The molecule has 2 aliphatic carbocycles. The summed E-state index contributed by atoms with van der Waals surface area (Å²) >= 11 is 0. The first kappa shape index (κ1) is 23.7. The largest absolute Gasteiger partial charge is 0.443 e. The van der Waals surface area contributed by atoms with Gasteiger partial charge in [-0.25, -0.2) is 4.79 Å². The van der Waals surface area contributed by atoms with Crippen molar-refractivity contribution in [3.05, 3.63) is 11.6 Å². The molecule has 0 aromatic carbocycles. The first-order chi connectivity index (χ1) is 16.8. The minimum atomic E-state index is -0.341. The molecule has 2 amide bonds. The zero-order chi connectivity index (χ0) is 24.5. The maximum atomic E-state index is 13.1. The lowest BCUT2D eigenvalue weighted by Crippen LogP contribution is -2.56. The molecule has 35 heavy (non-hydrogen) atoms. The number of hydrogen-bond donors (Lipinski definition) is 0. The molecule has 0 N–H and O–H groups in total. The van der Waals surface area contributed by atoms with Crippen molar-refractivity contribution in [2.45, 2.75) is 82.4 Å². The van der Waals surface area contributed by atoms with Gasteiger partial charge in [-0.05, 0) is 64.7 Å². The molecule has 0 radical (unpaired) electrons. The van der Waals surface area contributed by atoms with Crippen LogP contribution in [0.1, 0.15) is 52.9 Å². The van der Waals surface area contributed by atoms with E-state index < -0.39 is 0 Å². The zero-order valence-electron chi connectivity index (χ0n) is 21.5. The van der Waals surface area contributed by atoms with E-state index in [0.29, 0.717) is 37.4 Å². The lowest BCUT2D eigenvalue weighted by molar-refractivity contribution is -0.132. The number of epoxide rings is 2. The molecular formula is C27H40N2O6. The summed E-state index contributed by atoms with van der Waals surface area (Å²) in [5, 5.41) is 0. The van der Waals surface area contributed by atoms with E-state index in [1.807, 2.05) is 4.90 Å². The molecule has 0 aromatic rings. The van der Waals surface area contributed by atoms with Crippen molar-refractivity contribution in [1.29, 1.82) is 0 Å². The van der Waals surface area contributed by atoms with E-state index in [-0.39, 0.29) is 47.4 Å². The number of carbonyl (C=O) groups is 2. The van der Waals surface area contributed by atoms with Gasteiger partial charge in [-0.1, -0.05) is 11.6 Å². The van der Waals surface area contributed by atoms with Crippen molar-refractivity contribution in [2.75, 3.05) is 39.9 Å². The molecule has 6 rings (SSSR count). The summed E-state index contributed by atoms with van der Waals surface area (Å²) in [5.74, 6) is 1.03. The quantitative estimate of drug-likeness (QED) is 0.422. The predicted octanol–water partition coefficient (Wildman–Crippen LogP) is 3.00. The molecular weight excluding hydrogens is 448 g/mol. The van der Waals surface area contributed by atoms with Gasteiger partial charge in [0.25, 0.3) is 0 Å². The second-order valence-corrected chi connectivity index (χ2v) is 12.1. The number of nitrogens with zero attached hydrogens (tertiary/aromatic N) is 2. The maximum Gasteiger partial charge on any atom is 0.410 e. The fourth-order valence-electron chi connectivity index (χ4n) is 7.46. The number of piperidine rings is 1. The summed E-state index contributed by atoms with van der Waals surface area (Å²) in [4.78, 5) is 29.7. The van der Waals surface area contributed by atoms with Crippen LogP contribution in [0.15, 0.2) is 11.6 Å². The highest BCUT2D eigenvalue weighted by atomic mass is 16.6. The second kappa shape index (κ2) is 8.45. The fraction of sp³-hybridized carbons (Fsp3) is 0.852. The number of amides is 2. The molecule has 8 heteroatoms. The third-order valence-corrected chi connectivity index (χ3v) is 9.64. The molecule has 0 bridgehead atoms. The van der Waals surface area contributed by atoms with E-state index >= 15 is 0 Å². The Bertz CT molecular complexity index is 895. The fourth-order valence-corrected chi connectivity index (χ4v) is 7.46. The number of ether oxygens (including phenoxy) is 4. The van der Waals surface area contributed by atoms with Gasteiger partial charge in [0.15, 0.2) is 0 Å². The summed E-state index contributed by atoms with van der Waals surface area (Å²) in [6.45, 7) is 10.1. The summed E-state index contributed by atoms with van der Waals surface area (Å²) in [6.07, 6.45) is 6.17. The molecule has 4 aliphatic heterocycles. The van der Waals surface area contributed by atoms with Crippen LogP contribution in [0.25, 0.3) is 0 Å². The van der Waals surface area contributed by atoms with E-state index in [1.165, 1.54) is 5.57 Å². The molecule has 1 spiro atoms. The topological polar surface area (TPSA) is 84.1 Å². The number of likely N-dealkylation sites (tertiary alicyclic amines) is 2. The standard InChI is InChI=1S/C27H40N2O6/c1-16(2)7-8-20-26(3,35-20)23-22(32-4)19(9-10-27(23)15-33-27)34-25(31)29-13-17-18(14-29)21(17)24(30)28-11-5-6-12-28/h7,17-23H,5-6,8-15H2,1-4H3/t17-,18+,19-,20-,21?,22-,23?,26+,27+/m1/s1. The minimum absolute atomic E-state index is 0.0246. The Balaban J connectivity index is 1.07. The van der Waals surface area contributed by atoms with Gasteiger partial charge in [-0.15, -0.1) is 0 Å². The van der Waals surface area contributed by atoms with Crippen LogP contribution in [0, 0.1) is 23.7 Å². The van der Waals surface area contributed by atoms with Crippen LogP contribution in [0.3, 0.4) is 0 Å². The SMILES string of the molecule is CO[C@H]1C([C@@]2(C)O[C@@H]2CC=C(C)C)[C@]2(CC[C@H]1OC(=O)N1C[C@@H]3C(C(=O)N4CCCC4)[C@@H]3C1)CO2. The van der Waals surface area contributed by atoms with Crippen LogP contribution < -0.4 is 0 Å². The van der Waals surface area contributed by atoms with Gasteiger partial charge in [0.05, 0.1) is 18.6 Å². The van der Waals surface area contributed by atoms with Gasteiger partial charge in [0.1, 0.15) is 23.4 Å². The molecule has 6 aliphatic rings. The van der Waals surface area contributed by atoms with Crippen molar-refractivity contribution < 1.29 is 28.5 Å². The molecule has 2 saturated carbocycles. The molecule has 0 aromatic heterocycles. The molecule has 194 valence electrons. The third kappa shape index (κ3) is 4.00. The highest BCUT2D eigenvalue weighted by molar-refractivity contribution is 5.83. The summed E-state index contributed by atoms with van der Waals surface area (Å²) in [6, 6.07) is 0. The van der Waals surface area contributed by atoms with Gasteiger partial charge in [-0.2, -0.15) is 0 Å². The monoisotopic (exact) mass is 488 g/mol. The highest BCUT2D eigenvalue weighted by Crippen LogP contribution is 2.60. The van der Waals surface area contributed by atoms with E-state index in [9.17, 15) is 9.59 Å². The Morgan fingerprint density at radius 2 is 1.80 bits per heavy atom. The molecule has 8 nitrogen and oxygen atoms in total. The van der Waals surface area contributed by atoms with E-state index in [1.54, 1.807) is 12.0 Å². The summed E-state index contributed by atoms with van der Waals surface area (Å²) in [5.41, 5.74) is 0.718. The Morgan fingerprint density at radius 1 is 1.11 bits per heavy atom. The van der Waals surface area contributed by atoms with Gasteiger partial charge >= 0.3 is 6.09 Å². The Hall–Kier alpha value is -1.64. The van der Waals surface area contributed by atoms with Crippen LogP contribution in [0.5, 0.6) is 0 Å². The lowest BCUT2D eigenvalue weighted by atomic mass is 9.68. The molecule has 4 heterocycles. The van der Waals surface area contributed by atoms with Gasteiger partial charge < -0.3 is 28.7 Å². The first-order valence-corrected chi connectivity index (χ1v) is 13.5. The number of methoxy groups -OCH3 is 1. The van der Waals surface area contributed by atoms with Gasteiger partial charge in [0, 0.05) is 39.2 Å². The average Bonchev–Trinajstić information content (AvgIpc) is 3.75. The zero-order valence-corrected chi connectivity index (χ0v) is 21.5. The van der Waals surface area contributed by atoms with Crippen LogP contribution in [0.2, 0.25) is 0 Å². The normalized spacial score (nSPS) is 45.3. The third-order valence-electron chi connectivity index (χ3n) is 9.64. The van der Waals surface area contributed by atoms with Crippen LogP contribution >= 0.6 is 0 Å². The van der Waals surface area contributed by atoms with Gasteiger partial charge in [0.2, 0.25) is 5.91 Å². The molecule has 6 fully saturated rings. The van der Waals surface area contributed by atoms with Crippen molar-refractivity contribution in [3.63, 3.8) is 0 Å². The molecule has 9 atom stereocenters. The van der Waals surface area contributed by atoms with E-state index in [4.69, 9.17) is 18.9 Å². The Morgan fingerprint density at radius 3 is 2.40 bits per heavy atom. The van der Waals surface area contributed by atoms with Gasteiger partial charge in [-0.3, -0.25) is 4.79 Å². The van der Waals surface area contributed by atoms with Crippen molar-refractivity contribution in [2.24, 2.45) is 23.7 Å². The summed E-state index contributed by atoms with van der Waals surface area (Å²) in [7, 11) is 1.70. The van der Waals surface area contributed by atoms with E-state index in [0.717, 1.165) is 45.2 Å². The summed E-state index contributed by atoms with van der Waals surface area (Å²) < 4.78 is 24.4. The number of allylic oxidation sites excluding steroid dienone is 1. The minimum Gasteiger partial charge on any atom is -0.443 e. The first-order valence-electron chi connectivity index (χ1n) is 13.5. The number of rotatable bonds is 6. The van der Waals surface area contributed by atoms with Crippen molar-refractivity contribution >= 4 is 12.0 Å². The van der Waals surface area contributed by atoms with Crippen molar-refractivity contribution in [3.8, 4) is 0 Å². The Labute approximate surface area is 208 Å². The molecule has 4 saturated heterocycles. The smallest absolute Gasteiger partial charge is 0.410 e. The number of hydrogen-bond acceptors (Lipinski definition) is 6. The predicted molar refractivity (Wildman–Crippen MR) is 128 cm³/mol. The average molecular weight is 489 g/mol. The Kier molecular flexibility index (Phi) is 5.73. The van der Waals surface area contributed by atoms with Crippen molar-refractivity contribution in [1.82, 2.24) is 9.80 Å². The van der Waals surface area contributed by atoms with Crippen LogP contribution in [-0.2, 0) is 23.7 Å².